The Labute approximate surface area is 199 Å². The number of ether oxygens (including phenoxy) is 2. The summed E-state index contributed by atoms with van der Waals surface area (Å²) >= 11 is 3.43. The number of amides is 1. The molecule has 2 heterocycles. The third-order valence-electron chi connectivity index (χ3n) is 5.74. The van der Waals surface area contributed by atoms with Crippen molar-refractivity contribution in [3.05, 3.63) is 99.5 Å². The second-order valence-corrected chi connectivity index (χ2v) is 8.74. The van der Waals surface area contributed by atoms with Gasteiger partial charge in [-0.1, -0.05) is 58.4 Å². The van der Waals surface area contributed by atoms with Gasteiger partial charge in [0.25, 0.3) is 11.7 Å². The molecule has 0 aliphatic carbocycles. The van der Waals surface area contributed by atoms with E-state index in [0.29, 0.717) is 30.3 Å². The Hall–Kier alpha value is -3.58. The maximum atomic E-state index is 13.2. The van der Waals surface area contributed by atoms with Crippen molar-refractivity contribution < 1.29 is 24.2 Å². The lowest BCUT2D eigenvalue weighted by molar-refractivity contribution is -0.140. The van der Waals surface area contributed by atoms with Gasteiger partial charge in [0, 0.05) is 16.6 Å². The molecule has 6 nitrogen and oxygen atoms in total. The Bertz CT molecular complexity index is 1250. The summed E-state index contributed by atoms with van der Waals surface area (Å²) in [6, 6.07) is 21.1. The Balaban J connectivity index is 1.63. The quantitative estimate of drug-likeness (QED) is 0.311. The molecule has 7 heteroatoms. The SMILES string of the molecule is O=C1C(=O)N(Cc2ccccc2)C(c2ccc(Br)cc2)/C1=C(\O)c1ccc2c(c1)OCCO2. The van der Waals surface area contributed by atoms with Gasteiger partial charge in [0.05, 0.1) is 11.6 Å². The molecule has 3 aromatic rings. The molecule has 0 spiro atoms. The molecule has 1 atom stereocenters. The molecule has 1 saturated heterocycles. The van der Waals surface area contributed by atoms with E-state index in [4.69, 9.17) is 9.47 Å². The van der Waals surface area contributed by atoms with E-state index in [1.165, 1.54) is 4.90 Å². The number of nitrogens with zero attached hydrogens (tertiary/aromatic N) is 1. The predicted octanol–water partition coefficient (Wildman–Crippen LogP) is 4.84. The molecule has 2 aliphatic heterocycles. The largest absolute Gasteiger partial charge is 0.507 e. The Morgan fingerprint density at radius 1 is 0.939 bits per heavy atom. The molecule has 0 aromatic heterocycles. The summed E-state index contributed by atoms with van der Waals surface area (Å²) < 4.78 is 12.0. The molecule has 1 fully saturated rings. The van der Waals surface area contributed by atoms with Crippen molar-refractivity contribution in [2.45, 2.75) is 12.6 Å². The van der Waals surface area contributed by atoms with Crippen LogP contribution in [0.4, 0.5) is 0 Å². The van der Waals surface area contributed by atoms with E-state index in [-0.39, 0.29) is 17.9 Å². The van der Waals surface area contributed by atoms with Crippen LogP contribution in [0.1, 0.15) is 22.7 Å². The fourth-order valence-electron chi connectivity index (χ4n) is 4.16. The van der Waals surface area contributed by atoms with Gasteiger partial charge in [-0.2, -0.15) is 0 Å². The molecule has 2 aliphatic rings. The molecule has 1 amide bonds. The average Bonchev–Trinajstić information content (AvgIpc) is 3.09. The molecule has 0 radical (unpaired) electrons. The fourth-order valence-corrected chi connectivity index (χ4v) is 4.43. The van der Waals surface area contributed by atoms with Gasteiger partial charge in [0.2, 0.25) is 0 Å². The summed E-state index contributed by atoms with van der Waals surface area (Å²) in [5.74, 6) is -0.540. The van der Waals surface area contributed by atoms with Crippen molar-refractivity contribution in [3.8, 4) is 11.5 Å². The second kappa shape index (κ2) is 8.75. The van der Waals surface area contributed by atoms with E-state index < -0.39 is 17.7 Å². The lowest BCUT2D eigenvalue weighted by Crippen LogP contribution is -2.29. The number of ketones is 1. The minimum Gasteiger partial charge on any atom is -0.507 e. The van der Waals surface area contributed by atoms with Crippen molar-refractivity contribution in [2.75, 3.05) is 13.2 Å². The minimum atomic E-state index is -0.730. The topological polar surface area (TPSA) is 76.1 Å². The van der Waals surface area contributed by atoms with Crippen LogP contribution in [-0.2, 0) is 16.1 Å². The zero-order chi connectivity index (χ0) is 22.9. The Kier molecular flexibility index (Phi) is 5.64. The zero-order valence-corrected chi connectivity index (χ0v) is 19.1. The Morgan fingerprint density at radius 3 is 2.36 bits per heavy atom. The van der Waals surface area contributed by atoms with Crippen LogP contribution in [-0.4, -0.2) is 34.9 Å². The monoisotopic (exact) mass is 505 g/mol. The first kappa shape index (κ1) is 21.3. The minimum absolute atomic E-state index is 0.0509. The highest BCUT2D eigenvalue weighted by Gasteiger charge is 2.46. The normalized spacial score (nSPS) is 19.1. The van der Waals surface area contributed by atoms with E-state index in [9.17, 15) is 14.7 Å². The number of carbonyl (C=O) groups excluding carboxylic acids is 2. The van der Waals surface area contributed by atoms with E-state index in [0.717, 1.165) is 15.6 Å². The fraction of sp³-hybridized carbons (Fsp3) is 0.154. The standard InChI is InChI=1S/C26H20BrNO5/c27-19-9-6-17(7-10-19)23-22(24(29)18-8-11-20-21(14-18)33-13-12-32-20)25(30)26(31)28(23)15-16-4-2-1-3-5-16/h1-11,14,23,29H,12-13,15H2/b24-22+. The van der Waals surface area contributed by atoms with Gasteiger partial charge in [-0.15, -0.1) is 0 Å². The number of carbonyl (C=O) groups is 2. The van der Waals surface area contributed by atoms with E-state index in [1.807, 2.05) is 54.6 Å². The predicted molar refractivity (Wildman–Crippen MR) is 126 cm³/mol. The number of Topliss-reactive ketones (excluding diaryl/α,β-unsaturated/α-hetero) is 1. The smallest absolute Gasteiger partial charge is 0.295 e. The molecule has 1 N–H and O–H groups in total. The van der Waals surface area contributed by atoms with E-state index >= 15 is 0 Å². The van der Waals surface area contributed by atoms with Crippen LogP contribution < -0.4 is 9.47 Å². The van der Waals surface area contributed by atoms with E-state index in [2.05, 4.69) is 15.9 Å². The van der Waals surface area contributed by atoms with Crippen molar-refractivity contribution in [2.24, 2.45) is 0 Å². The number of likely N-dealkylation sites (tertiary alicyclic amines) is 1. The first-order chi connectivity index (χ1) is 16.0. The van der Waals surface area contributed by atoms with Gasteiger partial charge in [0.1, 0.15) is 19.0 Å². The highest BCUT2D eigenvalue weighted by molar-refractivity contribution is 9.10. The first-order valence-electron chi connectivity index (χ1n) is 10.5. The number of halogens is 1. The number of benzene rings is 3. The van der Waals surface area contributed by atoms with Crippen LogP contribution >= 0.6 is 15.9 Å². The maximum absolute atomic E-state index is 13.2. The van der Waals surface area contributed by atoms with Crippen molar-refractivity contribution in [3.63, 3.8) is 0 Å². The summed E-state index contributed by atoms with van der Waals surface area (Å²) in [6.45, 7) is 1.09. The van der Waals surface area contributed by atoms with Crippen molar-refractivity contribution >= 4 is 33.4 Å². The van der Waals surface area contributed by atoms with Crippen LogP contribution in [0, 0.1) is 0 Å². The van der Waals surface area contributed by atoms with Crippen LogP contribution in [0.25, 0.3) is 5.76 Å². The van der Waals surface area contributed by atoms with Gasteiger partial charge in [-0.25, -0.2) is 0 Å². The van der Waals surface area contributed by atoms with Crippen molar-refractivity contribution in [1.29, 1.82) is 0 Å². The summed E-state index contributed by atoms with van der Waals surface area (Å²) in [7, 11) is 0. The molecule has 0 bridgehead atoms. The third kappa shape index (κ3) is 4.00. The Morgan fingerprint density at radius 2 is 1.64 bits per heavy atom. The molecule has 0 saturated carbocycles. The molecular weight excluding hydrogens is 486 g/mol. The summed E-state index contributed by atoms with van der Waals surface area (Å²) in [5, 5.41) is 11.3. The third-order valence-corrected chi connectivity index (χ3v) is 6.27. The molecule has 3 aromatic carbocycles. The summed E-state index contributed by atoms with van der Waals surface area (Å²) in [5.41, 5.74) is 2.06. The van der Waals surface area contributed by atoms with Crippen molar-refractivity contribution in [1.82, 2.24) is 4.90 Å². The molecule has 33 heavy (non-hydrogen) atoms. The van der Waals surface area contributed by atoms with Gasteiger partial charge < -0.3 is 19.5 Å². The van der Waals surface area contributed by atoms with Gasteiger partial charge in [-0.3, -0.25) is 9.59 Å². The number of fused-ring (bicyclic) bond motifs is 1. The number of hydrogen-bond donors (Lipinski definition) is 1. The van der Waals surface area contributed by atoms with E-state index in [1.54, 1.807) is 18.2 Å². The first-order valence-corrected chi connectivity index (χ1v) is 11.3. The molecule has 166 valence electrons. The van der Waals surface area contributed by atoms with Gasteiger partial charge >= 0.3 is 0 Å². The average molecular weight is 506 g/mol. The summed E-state index contributed by atoms with van der Waals surface area (Å²) in [6.07, 6.45) is 0. The molecule has 5 rings (SSSR count). The van der Waals surface area contributed by atoms with Crippen LogP contribution in [0.5, 0.6) is 11.5 Å². The summed E-state index contributed by atoms with van der Waals surface area (Å²) in [4.78, 5) is 27.8. The maximum Gasteiger partial charge on any atom is 0.295 e. The molecule has 1 unspecified atom stereocenters. The zero-order valence-electron chi connectivity index (χ0n) is 17.5. The van der Waals surface area contributed by atoms with Gasteiger partial charge in [0.15, 0.2) is 11.5 Å². The second-order valence-electron chi connectivity index (χ2n) is 7.82. The van der Waals surface area contributed by atoms with Gasteiger partial charge in [-0.05, 0) is 41.5 Å². The highest BCUT2D eigenvalue weighted by Crippen LogP contribution is 2.42. The lowest BCUT2D eigenvalue weighted by atomic mass is 9.95. The number of rotatable bonds is 4. The highest BCUT2D eigenvalue weighted by atomic mass is 79.9. The van der Waals surface area contributed by atoms with Crippen LogP contribution in [0.2, 0.25) is 0 Å². The molecular formula is C26H20BrNO5. The number of aliphatic hydroxyl groups is 1. The lowest BCUT2D eigenvalue weighted by Gasteiger charge is -2.25. The van der Waals surface area contributed by atoms with Crippen LogP contribution in [0.3, 0.4) is 0 Å². The number of aliphatic hydroxyl groups excluding tert-OH is 1. The van der Waals surface area contributed by atoms with Crippen LogP contribution in [0.15, 0.2) is 82.8 Å². The number of hydrogen-bond acceptors (Lipinski definition) is 5.